The molecule has 1 saturated heterocycles. The number of ether oxygens (including phenoxy) is 2. The van der Waals surface area contributed by atoms with Gasteiger partial charge in [-0.25, -0.2) is 4.89 Å². The molecule has 0 N–H and O–H groups in total. The lowest BCUT2D eigenvalue weighted by Gasteiger charge is -2.30. The Labute approximate surface area is 221 Å². The Morgan fingerprint density at radius 3 is 1.72 bits per heavy atom. The SMILES string of the molecule is CCCCCCCCCCCCCCCCC[C@@H]1CO[C@H](COOP(=O)([O-])OCC[N+](C)(C)C)CO1. The summed E-state index contributed by atoms with van der Waals surface area (Å²) in [5.41, 5.74) is 0. The molecule has 0 amide bonds. The van der Waals surface area contributed by atoms with Crippen LogP contribution in [0.25, 0.3) is 0 Å². The van der Waals surface area contributed by atoms with Gasteiger partial charge in [-0.3, -0.25) is 4.57 Å². The molecule has 36 heavy (non-hydrogen) atoms. The molecule has 0 radical (unpaired) electrons. The van der Waals surface area contributed by atoms with E-state index in [9.17, 15) is 9.46 Å². The zero-order chi connectivity index (χ0) is 26.5. The van der Waals surface area contributed by atoms with Crippen LogP contribution >= 0.6 is 7.82 Å². The third-order valence-corrected chi connectivity index (χ3v) is 7.36. The second-order valence-corrected chi connectivity index (χ2v) is 12.6. The summed E-state index contributed by atoms with van der Waals surface area (Å²) in [5, 5.41) is 0. The molecule has 8 nitrogen and oxygen atoms in total. The number of hydrogen-bond donors (Lipinski definition) is 0. The second-order valence-electron chi connectivity index (χ2n) is 11.3. The average Bonchev–Trinajstić information content (AvgIpc) is 2.81. The minimum absolute atomic E-state index is 0.0173. The van der Waals surface area contributed by atoms with Crippen molar-refractivity contribution in [1.29, 1.82) is 0 Å². The van der Waals surface area contributed by atoms with E-state index in [1.54, 1.807) is 0 Å². The summed E-state index contributed by atoms with van der Waals surface area (Å²) in [6.07, 6.45) is 21.2. The molecule has 0 aromatic heterocycles. The molecule has 0 bridgehead atoms. The summed E-state index contributed by atoms with van der Waals surface area (Å²) in [6.45, 7) is 3.71. The average molecular weight is 538 g/mol. The first kappa shape index (κ1) is 34.0. The van der Waals surface area contributed by atoms with E-state index in [1.807, 2.05) is 21.1 Å². The number of rotatable bonds is 24. The third kappa shape index (κ3) is 20.9. The van der Waals surface area contributed by atoms with Gasteiger partial charge >= 0.3 is 0 Å². The van der Waals surface area contributed by atoms with Gasteiger partial charge in [0.25, 0.3) is 7.82 Å². The maximum Gasteiger partial charge on any atom is 0.298 e. The van der Waals surface area contributed by atoms with Gasteiger partial charge in [0.2, 0.25) is 0 Å². The number of phosphoric ester groups is 1. The summed E-state index contributed by atoms with van der Waals surface area (Å²) < 4.78 is 33.2. The summed E-state index contributed by atoms with van der Waals surface area (Å²) in [6, 6.07) is 0. The Kier molecular flexibility index (Phi) is 19.7. The molecule has 216 valence electrons. The summed E-state index contributed by atoms with van der Waals surface area (Å²) in [5.74, 6) is 0. The van der Waals surface area contributed by atoms with Crippen LogP contribution in [0, 0.1) is 0 Å². The molecule has 9 heteroatoms. The van der Waals surface area contributed by atoms with Crippen LogP contribution in [-0.4, -0.2) is 70.8 Å². The molecule has 0 aromatic rings. The Balaban J connectivity index is 1.88. The fourth-order valence-electron chi connectivity index (χ4n) is 4.21. The largest absolute Gasteiger partial charge is 0.754 e. The minimum atomic E-state index is -4.48. The van der Waals surface area contributed by atoms with Gasteiger partial charge in [-0.2, -0.15) is 4.67 Å². The van der Waals surface area contributed by atoms with Gasteiger partial charge in [-0.15, -0.1) is 0 Å². The van der Waals surface area contributed by atoms with Crippen molar-refractivity contribution < 1.29 is 37.5 Å². The highest BCUT2D eigenvalue weighted by Gasteiger charge is 2.23. The predicted molar refractivity (Wildman–Crippen MR) is 143 cm³/mol. The summed E-state index contributed by atoms with van der Waals surface area (Å²) in [7, 11) is 1.37. The molecule has 0 saturated carbocycles. The molecular weight excluding hydrogens is 481 g/mol. The number of hydrogen-bond acceptors (Lipinski definition) is 7. The van der Waals surface area contributed by atoms with Crippen LogP contribution in [0.15, 0.2) is 0 Å². The highest BCUT2D eigenvalue weighted by molar-refractivity contribution is 7.45. The number of quaternary nitrogens is 1. The van der Waals surface area contributed by atoms with Crippen LogP contribution in [0.3, 0.4) is 0 Å². The molecule has 1 aliphatic rings. The number of likely N-dealkylation sites (N-methyl/N-ethyl adjacent to an activating group) is 1. The van der Waals surface area contributed by atoms with E-state index in [0.29, 0.717) is 24.2 Å². The van der Waals surface area contributed by atoms with Gasteiger partial charge < -0.3 is 23.4 Å². The first-order valence-corrected chi connectivity index (χ1v) is 16.0. The fraction of sp³-hybridized carbons (Fsp3) is 1.00. The molecular formula is C27H56NO7P. The van der Waals surface area contributed by atoms with Crippen LogP contribution < -0.4 is 4.89 Å². The molecule has 1 fully saturated rings. The van der Waals surface area contributed by atoms with Crippen LogP contribution in [0.4, 0.5) is 0 Å². The zero-order valence-corrected chi connectivity index (χ0v) is 24.7. The topological polar surface area (TPSA) is 86.3 Å². The van der Waals surface area contributed by atoms with Crippen molar-refractivity contribution in [3.05, 3.63) is 0 Å². The van der Waals surface area contributed by atoms with Crippen molar-refractivity contribution >= 4 is 7.82 Å². The molecule has 1 unspecified atom stereocenters. The maximum atomic E-state index is 11.7. The van der Waals surface area contributed by atoms with E-state index in [-0.39, 0.29) is 25.4 Å². The van der Waals surface area contributed by atoms with Crippen molar-refractivity contribution in [3.63, 3.8) is 0 Å². The number of nitrogens with zero attached hydrogens (tertiary/aromatic N) is 1. The lowest BCUT2D eigenvalue weighted by molar-refractivity contribution is -0.870. The molecule has 1 rings (SSSR count). The highest BCUT2D eigenvalue weighted by Crippen LogP contribution is 2.38. The standard InChI is InChI=1S/C27H56NO7P/c1-5-6-7-8-9-10-11-12-13-14-15-16-17-18-19-20-26-23-32-27(24-31-26)25-33-35-36(29,30)34-22-21-28(2,3)4/h26-27H,5-25H2,1-4H3/t26-,27+/m1/s1. The van der Waals surface area contributed by atoms with Gasteiger partial charge in [-0.05, 0) is 6.42 Å². The summed E-state index contributed by atoms with van der Waals surface area (Å²) >= 11 is 0. The minimum Gasteiger partial charge on any atom is -0.754 e. The van der Waals surface area contributed by atoms with E-state index < -0.39 is 7.82 Å². The maximum absolute atomic E-state index is 11.7. The molecule has 0 aliphatic carbocycles. The van der Waals surface area contributed by atoms with Gasteiger partial charge in [0.1, 0.15) is 25.9 Å². The molecule has 1 aliphatic heterocycles. The smallest absolute Gasteiger partial charge is 0.298 e. The Bertz CT molecular complexity index is 551. The van der Waals surface area contributed by atoms with Gasteiger partial charge in [0.15, 0.2) is 0 Å². The van der Waals surface area contributed by atoms with E-state index in [1.165, 1.54) is 89.9 Å². The van der Waals surface area contributed by atoms with E-state index in [4.69, 9.17) is 18.9 Å². The fourth-order valence-corrected chi connectivity index (χ4v) is 4.75. The van der Waals surface area contributed by atoms with Crippen molar-refractivity contribution in [1.82, 2.24) is 0 Å². The number of unbranched alkanes of at least 4 members (excludes halogenated alkanes) is 14. The van der Waals surface area contributed by atoms with Crippen molar-refractivity contribution in [2.75, 3.05) is 54.1 Å². The Morgan fingerprint density at radius 1 is 0.778 bits per heavy atom. The number of phosphoric acid groups is 1. The zero-order valence-electron chi connectivity index (χ0n) is 23.8. The predicted octanol–water partition coefficient (Wildman–Crippen LogP) is 6.17. The van der Waals surface area contributed by atoms with Crippen molar-refractivity contribution in [3.8, 4) is 0 Å². The molecule has 0 spiro atoms. The van der Waals surface area contributed by atoms with Crippen LogP contribution in [0.5, 0.6) is 0 Å². The highest BCUT2D eigenvalue weighted by atomic mass is 31.2. The Hall–Kier alpha value is -0.0500. The van der Waals surface area contributed by atoms with E-state index in [2.05, 4.69) is 11.6 Å². The first-order chi connectivity index (χ1) is 17.2. The molecule has 1 heterocycles. The lowest BCUT2D eigenvalue weighted by Crippen LogP contribution is -2.38. The molecule has 3 atom stereocenters. The quantitative estimate of drug-likeness (QED) is 0.0478. The lowest BCUT2D eigenvalue weighted by atomic mass is 10.0. The summed E-state index contributed by atoms with van der Waals surface area (Å²) in [4.78, 5) is 16.5. The normalized spacial score (nSPS) is 20.5. The molecule has 0 aromatic carbocycles. The van der Waals surface area contributed by atoms with Crippen molar-refractivity contribution in [2.24, 2.45) is 0 Å². The van der Waals surface area contributed by atoms with Gasteiger partial charge in [0, 0.05) is 0 Å². The van der Waals surface area contributed by atoms with Gasteiger partial charge in [-0.1, -0.05) is 103 Å². The third-order valence-electron chi connectivity index (χ3n) is 6.57. The van der Waals surface area contributed by atoms with Crippen molar-refractivity contribution in [2.45, 2.75) is 122 Å². The second kappa shape index (κ2) is 20.9. The van der Waals surface area contributed by atoms with Gasteiger partial charge in [0.05, 0.1) is 40.5 Å². The van der Waals surface area contributed by atoms with Crippen LogP contribution in [0.1, 0.15) is 110 Å². The van der Waals surface area contributed by atoms with Crippen LogP contribution in [-0.2, 0) is 28.1 Å². The van der Waals surface area contributed by atoms with Crippen LogP contribution in [0.2, 0.25) is 0 Å². The first-order valence-electron chi connectivity index (χ1n) is 14.5. The Morgan fingerprint density at radius 2 is 1.25 bits per heavy atom. The van der Waals surface area contributed by atoms with E-state index in [0.717, 1.165) is 12.8 Å². The monoisotopic (exact) mass is 537 g/mol. The van der Waals surface area contributed by atoms with E-state index >= 15 is 0 Å².